The first-order valence-electron chi connectivity index (χ1n) is 6.55. The predicted molar refractivity (Wildman–Crippen MR) is 70.1 cm³/mol. The van der Waals surface area contributed by atoms with Crippen LogP contribution in [0.15, 0.2) is 36.4 Å². The van der Waals surface area contributed by atoms with Crippen LogP contribution in [0.1, 0.15) is 6.42 Å². The molecular weight excluding hydrogens is 226 g/mol. The van der Waals surface area contributed by atoms with Gasteiger partial charge in [-0.15, -0.1) is 0 Å². The molecule has 0 aromatic heterocycles. The minimum atomic E-state index is -0.00621. The summed E-state index contributed by atoms with van der Waals surface area (Å²) in [5.74, 6) is 1.57. The van der Waals surface area contributed by atoms with Gasteiger partial charge in [-0.25, -0.2) is 0 Å². The molecule has 1 spiro atoms. The van der Waals surface area contributed by atoms with Crippen LogP contribution in [-0.2, 0) is 4.74 Å². The van der Waals surface area contributed by atoms with Gasteiger partial charge in [-0.1, -0.05) is 18.2 Å². The summed E-state index contributed by atoms with van der Waals surface area (Å²) in [6, 6.07) is 8.29. The smallest absolute Gasteiger partial charge is 0.120 e. The van der Waals surface area contributed by atoms with Crippen molar-refractivity contribution in [3.8, 4) is 5.75 Å². The minimum absolute atomic E-state index is 0.00621. The number of anilines is 1. The monoisotopic (exact) mass is 243 g/mol. The number of nitrogens with zero attached hydrogens (tertiary/aromatic N) is 1. The van der Waals surface area contributed by atoms with Crippen LogP contribution >= 0.6 is 0 Å². The van der Waals surface area contributed by atoms with E-state index in [9.17, 15) is 0 Å². The number of methoxy groups -OCH3 is 1. The molecule has 0 aliphatic carbocycles. The van der Waals surface area contributed by atoms with Crippen molar-refractivity contribution >= 4 is 5.69 Å². The van der Waals surface area contributed by atoms with Crippen molar-refractivity contribution in [2.24, 2.45) is 5.92 Å². The van der Waals surface area contributed by atoms with Crippen molar-refractivity contribution in [3.05, 3.63) is 36.4 Å². The Labute approximate surface area is 107 Å². The topological polar surface area (TPSA) is 21.7 Å². The van der Waals surface area contributed by atoms with Crippen LogP contribution in [0.2, 0.25) is 0 Å². The normalized spacial score (nSPS) is 36.2. The fourth-order valence-electron chi connectivity index (χ4n) is 3.55. The summed E-state index contributed by atoms with van der Waals surface area (Å²) in [5, 5.41) is 0. The number of rotatable bonds is 2. The summed E-state index contributed by atoms with van der Waals surface area (Å²) >= 11 is 0. The molecule has 0 amide bonds. The Balaban J connectivity index is 1.62. The molecule has 3 heterocycles. The van der Waals surface area contributed by atoms with E-state index in [4.69, 9.17) is 9.47 Å². The summed E-state index contributed by atoms with van der Waals surface area (Å²) in [4.78, 5) is 2.42. The Morgan fingerprint density at radius 1 is 1.44 bits per heavy atom. The molecule has 1 aromatic rings. The van der Waals surface area contributed by atoms with Crippen LogP contribution in [0.4, 0.5) is 5.69 Å². The van der Waals surface area contributed by atoms with Crippen LogP contribution in [0.3, 0.4) is 0 Å². The van der Waals surface area contributed by atoms with Crippen molar-refractivity contribution in [1.82, 2.24) is 0 Å². The summed E-state index contributed by atoms with van der Waals surface area (Å²) in [6.45, 7) is 2.06. The Kier molecular flexibility index (Phi) is 2.04. The Hall–Kier alpha value is -1.48. The van der Waals surface area contributed by atoms with Crippen LogP contribution in [0.25, 0.3) is 0 Å². The summed E-state index contributed by atoms with van der Waals surface area (Å²) in [5.41, 5.74) is 1.23. The molecule has 94 valence electrons. The van der Waals surface area contributed by atoms with Gasteiger partial charge in [0.25, 0.3) is 0 Å². The van der Waals surface area contributed by atoms with Crippen molar-refractivity contribution in [2.45, 2.75) is 18.1 Å². The van der Waals surface area contributed by atoms with Gasteiger partial charge in [-0.3, -0.25) is 0 Å². The second kappa shape index (κ2) is 3.51. The average molecular weight is 243 g/mol. The quantitative estimate of drug-likeness (QED) is 0.743. The maximum absolute atomic E-state index is 6.11. The van der Waals surface area contributed by atoms with Crippen molar-refractivity contribution in [1.29, 1.82) is 0 Å². The molecule has 0 N–H and O–H groups in total. The van der Waals surface area contributed by atoms with E-state index in [1.165, 1.54) is 12.1 Å². The third-order valence-corrected chi connectivity index (χ3v) is 4.47. The van der Waals surface area contributed by atoms with E-state index < -0.39 is 0 Å². The highest BCUT2D eigenvalue weighted by Gasteiger charge is 2.55. The molecule has 2 fully saturated rings. The SMILES string of the molecule is COc1cccc(N2C[C@@H]3C[C@@H]4C=C[C@@]3(C2)O4)c1. The maximum Gasteiger partial charge on any atom is 0.120 e. The van der Waals surface area contributed by atoms with Crippen molar-refractivity contribution < 1.29 is 9.47 Å². The van der Waals surface area contributed by atoms with Gasteiger partial charge in [0.2, 0.25) is 0 Å². The zero-order valence-corrected chi connectivity index (χ0v) is 10.5. The standard InChI is InChI=1S/C15H17NO2/c1-17-13-4-2-3-12(8-13)16-9-11-7-14-5-6-15(11,10-16)18-14/h2-6,8,11,14H,7,9-10H2,1H3/t11-,14-,15-/m0/s1. The summed E-state index contributed by atoms with van der Waals surface area (Å²) in [6.07, 6.45) is 6.07. The second-order valence-electron chi connectivity index (χ2n) is 5.49. The van der Waals surface area contributed by atoms with Crippen LogP contribution in [0, 0.1) is 5.92 Å². The first kappa shape index (κ1) is 10.4. The van der Waals surface area contributed by atoms with Crippen molar-refractivity contribution in [3.63, 3.8) is 0 Å². The number of ether oxygens (including phenoxy) is 2. The van der Waals surface area contributed by atoms with Gasteiger partial charge in [0.05, 0.1) is 19.8 Å². The van der Waals surface area contributed by atoms with E-state index in [1.807, 2.05) is 12.1 Å². The van der Waals surface area contributed by atoms with Crippen molar-refractivity contribution in [2.75, 3.05) is 25.1 Å². The molecule has 18 heavy (non-hydrogen) atoms. The fourth-order valence-corrected chi connectivity index (χ4v) is 3.55. The highest BCUT2D eigenvalue weighted by Crippen LogP contribution is 2.48. The van der Waals surface area contributed by atoms with Gasteiger partial charge in [-0.05, 0) is 18.6 Å². The Bertz CT molecular complexity index is 513. The lowest BCUT2D eigenvalue weighted by Gasteiger charge is -2.23. The molecule has 0 saturated carbocycles. The van der Waals surface area contributed by atoms with E-state index in [2.05, 4.69) is 29.2 Å². The highest BCUT2D eigenvalue weighted by atomic mass is 16.5. The first-order valence-corrected chi connectivity index (χ1v) is 6.55. The average Bonchev–Trinajstić information content (AvgIpc) is 3.05. The van der Waals surface area contributed by atoms with E-state index in [0.717, 1.165) is 18.8 Å². The van der Waals surface area contributed by atoms with Crippen LogP contribution in [-0.4, -0.2) is 31.9 Å². The lowest BCUT2D eigenvalue weighted by molar-refractivity contribution is 0.0351. The zero-order valence-electron chi connectivity index (χ0n) is 10.5. The maximum atomic E-state index is 6.11. The summed E-state index contributed by atoms with van der Waals surface area (Å²) in [7, 11) is 1.71. The molecule has 3 nitrogen and oxygen atoms in total. The van der Waals surface area contributed by atoms with E-state index in [1.54, 1.807) is 7.11 Å². The van der Waals surface area contributed by atoms with Crippen LogP contribution < -0.4 is 9.64 Å². The predicted octanol–water partition coefficient (Wildman–Crippen LogP) is 2.23. The lowest BCUT2D eigenvalue weighted by atomic mass is 9.86. The Morgan fingerprint density at radius 2 is 2.39 bits per heavy atom. The fraction of sp³-hybridized carbons (Fsp3) is 0.467. The van der Waals surface area contributed by atoms with E-state index >= 15 is 0 Å². The molecule has 3 atom stereocenters. The Morgan fingerprint density at radius 3 is 3.17 bits per heavy atom. The van der Waals surface area contributed by atoms with E-state index in [-0.39, 0.29) is 5.60 Å². The third kappa shape index (κ3) is 1.34. The number of benzene rings is 1. The molecule has 2 bridgehead atoms. The van der Waals surface area contributed by atoms with E-state index in [0.29, 0.717) is 12.0 Å². The minimum Gasteiger partial charge on any atom is -0.497 e. The largest absolute Gasteiger partial charge is 0.497 e. The van der Waals surface area contributed by atoms with Gasteiger partial charge in [0, 0.05) is 24.2 Å². The number of fused-ring (bicyclic) bond motifs is 1. The number of hydrogen-bond acceptors (Lipinski definition) is 3. The van der Waals surface area contributed by atoms with Gasteiger partial charge in [-0.2, -0.15) is 0 Å². The molecule has 3 aliphatic rings. The molecular formula is C15H17NO2. The summed E-state index contributed by atoms with van der Waals surface area (Å²) < 4.78 is 11.4. The van der Waals surface area contributed by atoms with Gasteiger partial charge in [0.15, 0.2) is 0 Å². The van der Waals surface area contributed by atoms with Crippen LogP contribution in [0.5, 0.6) is 5.75 Å². The molecule has 1 aromatic carbocycles. The molecule has 4 rings (SSSR count). The zero-order chi connectivity index (χ0) is 12.2. The van der Waals surface area contributed by atoms with Gasteiger partial charge < -0.3 is 14.4 Å². The number of hydrogen-bond donors (Lipinski definition) is 0. The molecule has 3 aliphatic heterocycles. The first-order chi connectivity index (χ1) is 8.79. The molecule has 0 unspecified atom stereocenters. The third-order valence-electron chi connectivity index (χ3n) is 4.47. The molecule has 2 saturated heterocycles. The second-order valence-corrected chi connectivity index (χ2v) is 5.49. The lowest BCUT2D eigenvalue weighted by Crippen LogP contribution is -2.33. The molecule has 3 heteroatoms. The van der Waals surface area contributed by atoms with Gasteiger partial charge in [0.1, 0.15) is 11.4 Å². The highest BCUT2D eigenvalue weighted by molar-refractivity contribution is 5.53. The molecule has 0 radical (unpaired) electrons. The van der Waals surface area contributed by atoms with Gasteiger partial charge >= 0.3 is 0 Å².